The summed E-state index contributed by atoms with van der Waals surface area (Å²) in [6, 6.07) is 6.18. The third kappa shape index (κ3) is 8.74. The first-order valence-electron chi connectivity index (χ1n) is 22.7. The first kappa shape index (κ1) is 23.2. The summed E-state index contributed by atoms with van der Waals surface area (Å²) in [7, 11) is -2.93. The standard InChI is InChI=1S/C40H38F5N3O3S/c1-51-22-21-46-19-17-32(18-20-46)47(24-27-9-11-28(12-10-27)29-13-15-31(16-14-29)40(43,44)45)37(50)25-48-35-8-3-2-6-33(35)36(49)23-38(48)52-26-30-5-4-7-34(41)39(30)42/h2-16,23,32H,17-22,24-26H2,1H3/i1D3,2D,3D,6D,8D,21D2,23D,24D2,26D2. The van der Waals surface area contributed by atoms with Crippen molar-refractivity contribution in [1.29, 1.82) is 0 Å². The van der Waals surface area contributed by atoms with Gasteiger partial charge in [0.05, 0.1) is 36.4 Å². The number of thioether (sulfide) groups is 1. The normalized spacial score (nSPS) is 19.2. The van der Waals surface area contributed by atoms with Crippen molar-refractivity contribution in [3.63, 3.8) is 0 Å². The summed E-state index contributed by atoms with van der Waals surface area (Å²) in [4.78, 5) is 30.8. The smallest absolute Gasteiger partial charge is 0.383 e. The van der Waals surface area contributed by atoms with E-state index in [-0.39, 0.29) is 43.3 Å². The molecule has 6 nitrogen and oxygen atoms in total. The van der Waals surface area contributed by atoms with Crippen LogP contribution in [0, 0.1) is 11.6 Å². The van der Waals surface area contributed by atoms with Gasteiger partial charge in [-0.3, -0.25) is 9.59 Å². The number of likely N-dealkylation sites (tertiary alicyclic amines) is 1. The van der Waals surface area contributed by atoms with Crippen molar-refractivity contribution in [1.82, 2.24) is 14.4 Å². The van der Waals surface area contributed by atoms with Gasteiger partial charge in [0.1, 0.15) is 6.54 Å². The Labute approximate surface area is 322 Å². The molecule has 1 amide bonds. The molecule has 6 rings (SSSR count). The number of halogens is 5. The number of benzene rings is 4. The van der Waals surface area contributed by atoms with Crippen LogP contribution in [0.15, 0.2) is 107 Å². The molecule has 1 aromatic heterocycles. The van der Waals surface area contributed by atoms with E-state index in [1.54, 1.807) is 0 Å². The van der Waals surface area contributed by atoms with Crippen molar-refractivity contribution in [3.8, 4) is 11.1 Å². The largest absolute Gasteiger partial charge is 0.416 e. The van der Waals surface area contributed by atoms with Gasteiger partial charge in [-0.05, 0) is 59.8 Å². The lowest BCUT2D eigenvalue weighted by atomic mass is 10.00. The van der Waals surface area contributed by atoms with Gasteiger partial charge >= 0.3 is 6.18 Å². The van der Waals surface area contributed by atoms with Gasteiger partial charge in [0.25, 0.3) is 0 Å². The number of hydrogen-bond donors (Lipinski definition) is 0. The summed E-state index contributed by atoms with van der Waals surface area (Å²) in [5.74, 6) is -4.26. The van der Waals surface area contributed by atoms with Crippen LogP contribution in [-0.2, 0) is 34.5 Å². The molecule has 0 aliphatic carbocycles. The lowest BCUT2D eigenvalue weighted by Crippen LogP contribution is -2.48. The molecule has 0 unspecified atom stereocenters. The van der Waals surface area contributed by atoms with Crippen LogP contribution in [0.2, 0.25) is 0 Å². The molecule has 12 heteroatoms. The lowest BCUT2D eigenvalue weighted by molar-refractivity contribution is -0.137. The van der Waals surface area contributed by atoms with Crippen molar-refractivity contribution < 1.29 is 50.7 Å². The number of aromatic nitrogens is 1. The van der Waals surface area contributed by atoms with E-state index in [9.17, 15) is 25.1 Å². The predicted molar refractivity (Wildman–Crippen MR) is 193 cm³/mol. The van der Waals surface area contributed by atoms with Crippen LogP contribution >= 0.6 is 11.8 Å². The predicted octanol–water partition coefficient (Wildman–Crippen LogP) is 8.40. The summed E-state index contributed by atoms with van der Waals surface area (Å²) in [6.45, 7) is -7.61. The van der Waals surface area contributed by atoms with Crippen LogP contribution in [0.4, 0.5) is 22.0 Å². The number of para-hydroxylation sites is 1. The molecule has 0 N–H and O–H groups in total. The van der Waals surface area contributed by atoms with Crippen LogP contribution < -0.4 is 5.43 Å². The molecule has 0 bridgehead atoms. The number of fused-ring (bicyclic) bond motifs is 1. The number of ether oxygens (including phenoxy) is 1. The number of rotatable bonds is 12. The number of piperidine rings is 1. The number of nitrogens with zero attached hydrogens (tertiary/aromatic N) is 3. The minimum atomic E-state index is -4.60. The highest BCUT2D eigenvalue weighted by molar-refractivity contribution is 7.98. The maximum absolute atomic E-state index is 15.1. The summed E-state index contributed by atoms with van der Waals surface area (Å²) >= 11 is -0.0448. The summed E-state index contributed by atoms with van der Waals surface area (Å²) in [6.07, 6.45) is -4.94. The molecule has 1 fully saturated rings. The molecule has 52 heavy (non-hydrogen) atoms. The minimum absolute atomic E-state index is 0.0448. The molecular weight excluding hydrogens is 698 g/mol. The molecule has 1 aliphatic heterocycles. The van der Waals surface area contributed by atoms with Gasteiger partial charge in [-0.1, -0.05) is 60.6 Å². The minimum Gasteiger partial charge on any atom is -0.383 e. The van der Waals surface area contributed by atoms with Crippen molar-refractivity contribution in [2.45, 2.75) is 48.8 Å². The highest BCUT2D eigenvalue weighted by atomic mass is 32.2. The highest BCUT2D eigenvalue weighted by Gasteiger charge is 2.31. The Morgan fingerprint density at radius 3 is 2.40 bits per heavy atom. The fourth-order valence-electron chi connectivity index (χ4n) is 5.62. The Morgan fingerprint density at radius 1 is 1.02 bits per heavy atom. The number of carbonyl (C=O) groups excluding carboxylic acids is 1. The number of alkyl halides is 3. The van der Waals surface area contributed by atoms with Gasteiger partial charge in [-0.2, -0.15) is 13.2 Å². The number of methoxy groups -OCH3 is 1. The molecule has 0 saturated carbocycles. The summed E-state index contributed by atoms with van der Waals surface area (Å²) in [5.41, 5.74) is -6.35. The van der Waals surface area contributed by atoms with Crippen LogP contribution in [0.25, 0.3) is 22.0 Å². The van der Waals surface area contributed by atoms with E-state index in [1.807, 2.05) is 0 Å². The molecule has 5 aromatic rings. The zero-order valence-electron chi connectivity index (χ0n) is 41.0. The molecule has 0 atom stereocenters. The molecule has 1 saturated heterocycles. The zero-order valence-corrected chi connectivity index (χ0v) is 27.9. The maximum atomic E-state index is 15.1. The highest BCUT2D eigenvalue weighted by Crippen LogP contribution is 2.32. The Hall–Kier alpha value is -4.52. The van der Waals surface area contributed by atoms with E-state index in [0.29, 0.717) is 17.2 Å². The van der Waals surface area contributed by atoms with Gasteiger partial charge in [0.2, 0.25) is 5.91 Å². The van der Waals surface area contributed by atoms with Crippen molar-refractivity contribution in [3.05, 3.63) is 135 Å². The first-order chi connectivity index (χ1) is 30.5. The number of hydrogen-bond acceptors (Lipinski definition) is 5. The number of amides is 1. The van der Waals surface area contributed by atoms with Crippen LogP contribution in [0.1, 0.15) is 48.7 Å². The van der Waals surface area contributed by atoms with Crippen molar-refractivity contribution in [2.75, 3.05) is 33.2 Å². The lowest BCUT2D eigenvalue weighted by Gasteiger charge is -2.39. The van der Waals surface area contributed by atoms with Crippen molar-refractivity contribution in [2.24, 2.45) is 0 Å². The number of carbonyl (C=O) groups is 1. The Balaban J connectivity index is 1.48. The molecule has 272 valence electrons. The fraction of sp³-hybridized carbons (Fsp3) is 0.300. The quantitative estimate of drug-likeness (QED) is 0.0948. The van der Waals surface area contributed by atoms with Crippen LogP contribution in [-0.4, -0.2) is 59.5 Å². The van der Waals surface area contributed by atoms with Gasteiger partial charge in [0, 0.05) is 67.3 Å². The topological polar surface area (TPSA) is 54.8 Å². The second-order valence-corrected chi connectivity index (χ2v) is 12.4. The van der Waals surface area contributed by atoms with Crippen LogP contribution in [0.3, 0.4) is 0 Å². The SMILES string of the molecule is [2H]c1c([2H])c([2H])c2c(c1[2H])c(=O)c([2H])c(SC([2H])([2H])c1cccc(F)c1F)n2CC(=O)N(C1CCN(C([2H])([2H])COC([2H])([2H])[2H])CC1)C([2H])([2H])c1ccc(-c2ccc(C(F)(F)F)cc2)cc1. The molecule has 4 aromatic carbocycles. The van der Waals surface area contributed by atoms with E-state index in [4.69, 9.17) is 21.2 Å². The second-order valence-electron chi connectivity index (χ2n) is 11.6. The van der Waals surface area contributed by atoms with E-state index >= 15 is 9.18 Å². The fourth-order valence-corrected chi connectivity index (χ4v) is 6.40. The number of pyridine rings is 1. The van der Waals surface area contributed by atoms with Gasteiger partial charge < -0.3 is 19.1 Å². The average Bonchev–Trinajstić information content (AvgIpc) is 3.24. The molecule has 0 spiro atoms. The monoisotopic (exact) mass is 749 g/mol. The van der Waals surface area contributed by atoms with Gasteiger partial charge in [-0.15, -0.1) is 11.8 Å². The van der Waals surface area contributed by atoms with E-state index in [0.717, 1.165) is 33.7 Å². The third-order valence-corrected chi connectivity index (χ3v) is 9.11. The summed E-state index contributed by atoms with van der Waals surface area (Å²) < 4.78 is 193. The molecule has 2 heterocycles. The first-order valence-corrected chi connectivity index (χ1v) is 16.6. The Kier molecular flexibility index (Phi) is 7.34. The maximum Gasteiger partial charge on any atom is 0.416 e. The van der Waals surface area contributed by atoms with Gasteiger partial charge in [0.15, 0.2) is 17.1 Å². The van der Waals surface area contributed by atoms with Crippen molar-refractivity contribution >= 4 is 28.6 Å². The van der Waals surface area contributed by atoms with E-state index in [1.165, 1.54) is 41.3 Å². The van der Waals surface area contributed by atoms with Crippen LogP contribution in [0.5, 0.6) is 0 Å². The molecular formula is C40H38F5N3O3S. The van der Waals surface area contributed by atoms with E-state index < -0.39 is 131 Å². The Bertz CT molecular complexity index is 2720. The molecule has 1 aliphatic rings. The Morgan fingerprint density at radius 2 is 1.71 bits per heavy atom. The van der Waals surface area contributed by atoms with Gasteiger partial charge in [-0.25, -0.2) is 8.78 Å². The second kappa shape index (κ2) is 16.4. The third-order valence-electron chi connectivity index (χ3n) is 8.27. The van der Waals surface area contributed by atoms with E-state index in [2.05, 4.69) is 0 Å². The zero-order chi connectivity index (χ0) is 49.1. The average molecular weight is 750 g/mol. The summed E-state index contributed by atoms with van der Waals surface area (Å²) in [5, 5.41) is -1.57. The molecule has 0 radical (unpaired) electrons.